The predicted octanol–water partition coefficient (Wildman–Crippen LogP) is 4.79. The molecule has 2 aromatic carbocycles. The van der Waals surface area contributed by atoms with E-state index in [4.69, 9.17) is 0 Å². The van der Waals surface area contributed by atoms with Crippen LogP contribution in [-0.4, -0.2) is 19.1 Å². The van der Waals surface area contributed by atoms with E-state index >= 15 is 0 Å². The number of carbonyl (C=O) groups is 1. The van der Waals surface area contributed by atoms with E-state index in [-0.39, 0.29) is 6.03 Å². The van der Waals surface area contributed by atoms with Crippen molar-refractivity contribution in [3.05, 3.63) is 53.6 Å². The number of hydrogen-bond donors (Lipinski definition) is 2. The van der Waals surface area contributed by atoms with Gasteiger partial charge in [0.1, 0.15) is 0 Å². The molecule has 23 heavy (non-hydrogen) atoms. The Morgan fingerprint density at radius 2 is 1.61 bits per heavy atom. The Morgan fingerprint density at radius 1 is 0.957 bits per heavy atom. The number of nitrogens with zero attached hydrogens (tertiary/aromatic N) is 1. The Labute approximate surface area is 138 Å². The first-order valence-electron chi connectivity index (χ1n) is 8.03. The molecule has 2 amide bonds. The maximum Gasteiger partial charge on any atom is 0.323 e. The molecule has 2 rings (SSSR count). The Bertz CT molecular complexity index is 661. The van der Waals surface area contributed by atoms with E-state index in [2.05, 4.69) is 35.4 Å². The van der Waals surface area contributed by atoms with Crippen molar-refractivity contribution in [3.8, 4) is 0 Å². The van der Waals surface area contributed by atoms with Crippen LogP contribution in [0.15, 0.2) is 42.5 Å². The van der Waals surface area contributed by atoms with E-state index in [0.717, 1.165) is 35.7 Å². The van der Waals surface area contributed by atoms with Gasteiger partial charge in [0.2, 0.25) is 0 Å². The molecule has 0 saturated carbocycles. The lowest BCUT2D eigenvalue weighted by Crippen LogP contribution is -2.22. The zero-order valence-corrected chi connectivity index (χ0v) is 14.3. The summed E-state index contributed by atoms with van der Waals surface area (Å²) in [5.41, 5.74) is 5.00. The van der Waals surface area contributed by atoms with Crippen LogP contribution in [0, 0.1) is 13.8 Å². The third kappa shape index (κ3) is 4.49. The average molecular weight is 311 g/mol. The summed E-state index contributed by atoms with van der Waals surface area (Å²) < 4.78 is 0. The van der Waals surface area contributed by atoms with E-state index in [9.17, 15) is 4.79 Å². The molecule has 4 heteroatoms. The number of carbonyl (C=O) groups excluding carboxylic acids is 1. The number of aryl methyl sites for hydroxylation is 2. The molecule has 0 aromatic heterocycles. The van der Waals surface area contributed by atoms with E-state index in [1.54, 1.807) is 0 Å². The van der Waals surface area contributed by atoms with Crippen LogP contribution in [0.5, 0.6) is 0 Å². The van der Waals surface area contributed by atoms with E-state index < -0.39 is 0 Å². The van der Waals surface area contributed by atoms with Crippen LogP contribution in [-0.2, 0) is 0 Å². The standard InChI is InChI=1S/C19H25N3O/c1-5-22(6-2)17-10-8-16(9-11-17)20-19(23)21-18-12-7-14(3)13-15(18)4/h7-13H,5-6H2,1-4H3,(H2,20,21,23). The van der Waals surface area contributed by atoms with Gasteiger partial charge in [-0.05, 0) is 63.6 Å². The number of hydrogen-bond acceptors (Lipinski definition) is 2. The third-order valence-corrected chi connectivity index (χ3v) is 3.88. The van der Waals surface area contributed by atoms with Gasteiger partial charge < -0.3 is 15.5 Å². The minimum atomic E-state index is -0.229. The van der Waals surface area contributed by atoms with Crippen LogP contribution >= 0.6 is 0 Å². The summed E-state index contributed by atoms with van der Waals surface area (Å²) in [6.45, 7) is 10.2. The summed E-state index contributed by atoms with van der Waals surface area (Å²) >= 11 is 0. The van der Waals surface area contributed by atoms with Gasteiger partial charge in [-0.15, -0.1) is 0 Å². The fourth-order valence-corrected chi connectivity index (χ4v) is 2.58. The summed E-state index contributed by atoms with van der Waals surface area (Å²) in [4.78, 5) is 14.4. The second kappa shape index (κ2) is 7.68. The first kappa shape index (κ1) is 16.9. The van der Waals surface area contributed by atoms with Gasteiger partial charge in [0.25, 0.3) is 0 Å². The predicted molar refractivity (Wildman–Crippen MR) is 98.6 cm³/mol. The topological polar surface area (TPSA) is 44.4 Å². The van der Waals surface area contributed by atoms with Crippen molar-refractivity contribution in [3.63, 3.8) is 0 Å². The van der Waals surface area contributed by atoms with Crippen molar-refractivity contribution in [2.45, 2.75) is 27.7 Å². The Hall–Kier alpha value is -2.49. The molecule has 0 atom stereocenters. The molecule has 0 heterocycles. The number of anilines is 3. The number of amides is 2. The Balaban J connectivity index is 2.00. The van der Waals surface area contributed by atoms with Gasteiger partial charge >= 0.3 is 6.03 Å². The van der Waals surface area contributed by atoms with Crippen molar-refractivity contribution in [2.24, 2.45) is 0 Å². The molecule has 0 spiro atoms. The molecule has 0 aliphatic heterocycles. The Kier molecular flexibility index (Phi) is 5.63. The van der Waals surface area contributed by atoms with Gasteiger partial charge in [-0.2, -0.15) is 0 Å². The van der Waals surface area contributed by atoms with E-state index in [0.29, 0.717) is 0 Å². The van der Waals surface area contributed by atoms with Crippen molar-refractivity contribution >= 4 is 23.1 Å². The fourth-order valence-electron chi connectivity index (χ4n) is 2.58. The molecule has 0 fully saturated rings. The maximum atomic E-state index is 12.1. The summed E-state index contributed by atoms with van der Waals surface area (Å²) in [7, 11) is 0. The zero-order chi connectivity index (χ0) is 16.8. The molecule has 2 aromatic rings. The largest absolute Gasteiger partial charge is 0.372 e. The van der Waals surface area contributed by atoms with Crippen LogP contribution in [0.4, 0.5) is 21.9 Å². The first-order valence-corrected chi connectivity index (χ1v) is 8.03. The lowest BCUT2D eigenvalue weighted by Gasteiger charge is -2.21. The zero-order valence-electron chi connectivity index (χ0n) is 14.3. The third-order valence-electron chi connectivity index (χ3n) is 3.88. The molecule has 0 aliphatic carbocycles. The second-order valence-corrected chi connectivity index (χ2v) is 5.62. The molecule has 0 bridgehead atoms. The van der Waals surface area contributed by atoms with E-state index in [1.165, 1.54) is 5.56 Å². The summed E-state index contributed by atoms with van der Waals surface area (Å²) in [6.07, 6.45) is 0. The average Bonchev–Trinajstić information content (AvgIpc) is 2.53. The summed E-state index contributed by atoms with van der Waals surface area (Å²) in [5, 5.41) is 5.75. The van der Waals surface area contributed by atoms with Gasteiger partial charge in [0.05, 0.1) is 0 Å². The molecular formula is C19H25N3O. The van der Waals surface area contributed by atoms with Crippen LogP contribution < -0.4 is 15.5 Å². The number of urea groups is 1. The summed E-state index contributed by atoms with van der Waals surface area (Å²) in [6, 6.07) is 13.6. The highest BCUT2D eigenvalue weighted by molar-refractivity contribution is 6.00. The molecule has 0 aliphatic rings. The molecule has 4 nitrogen and oxygen atoms in total. The molecule has 0 saturated heterocycles. The maximum absolute atomic E-state index is 12.1. The molecule has 0 unspecified atom stereocenters. The van der Waals surface area contributed by atoms with Crippen LogP contribution in [0.1, 0.15) is 25.0 Å². The highest BCUT2D eigenvalue weighted by Gasteiger charge is 2.06. The highest BCUT2D eigenvalue weighted by Crippen LogP contribution is 2.19. The highest BCUT2D eigenvalue weighted by atomic mass is 16.2. The Morgan fingerprint density at radius 3 is 2.17 bits per heavy atom. The monoisotopic (exact) mass is 311 g/mol. The lowest BCUT2D eigenvalue weighted by atomic mass is 10.1. The minimum absolute atomic E-state index is 0.229. The van der Waals surface area contributed by atoms with Crippen LogP contribution in [0.3, 0.4) is 0 Å². The van der Waals surface area contributed by atoms with Crippen LogP contribution in [0.25, 0.3) is 0 Å². The molecule has 0 radical (unpaired) electrons. The number of rotatable bonds is 5. The van der Waals surface area contributed by atoms with E-state index in [1.807, 2.05) is 50.2 Å². The van der Waals surface area contributed by atoms with Crippen molar-refractivity contribution in [1.82, 2.24) is 0 Å². The smallest absolute Gasteiger partial charge is 0.323 e. The SMILES string of the molecule is CCN(CC)c1ccc(NC(=O)Nc2ccc(C)cc2C)cc1. The number of nitrogens with one attached hydrogen (secondary N) is 2. The lowest BCUT2D eigenvalue weighted by molar-refractivity contribution is 0.262. The molecular weight excluding hydrogens is 286 g/mol. The fraction of sp³-hybridized carbons (Fsp3) is 0.316. The van der Waals surface area contributed by atoms with Gasteiger partial charge in [0, 0.05) is 30.2 Å². The van der Waals surface area contributed by atoms with Gasteiger partial charge in [-0.3, -0.25) is 0 Å². The van der Waals surface area contributed by atoms with Gasteiger partial charge in [-0.25, -0.2) is 4.79 Å². The van der Waals surface area contributed by atoms with Crippen molar-refractivity contribution < 1.29 is 4.79 Å². The summed E-state index contributed by atoms with van der Waals surface area (Å²) in [5.74, 6) is 0. The molecule has 122 valence electrons. The minimum Gasteiger partial charge on any atom is -0.372 e. The van der Waals surface area contributed by atoms with Crippen molar-refractivity contribution in [2.75, 3.05) is 28.6 Å². The second-order valence-electron chi connectivity index (χ2n) is 5.62. The first-order chi connectivity index (χ1) is 11.0. The molecule has 2 N–H and O–H groups in total. The van der Waals surface area contributed by atoms with Gasteiger partial charge in [-0.1, -0.05) is 17.7 Å². The van der Waals surface area contributed by atoms with Crippen LogP contribution in [0.2, 0.25) is 0 Å². The van der Waals surface area contributed by atoms with Gasteiger partial charge in [0.15, 0.2) is 0 Å². The quantitative estimate of drug-likeness (QED) is 0.833. The number of benzene rings is 2. The normalized spacial score (nSPS) is 10.3. The van der Waals surface area contributed by atoms with Crippen molar-refractivity contribution in [1.29, 1.82) is 0 Å².